The lowest BCUT2D eigenvalue weighted by molar-refractivity contribution is -0.115. The Hall–Kier alpha value is -2.08. The number of nitrogen functional groups attached to an aromatic ring is 1. The number of aryl methyl sites for hydroxylation is 1. The van der Waals surface area contributed by atoms with E-state index >= 15 is 0 Å². The smallest absolute Gasteiger partial charge is 0.225 e. The molecule has 0 saturated carbocycles. The first-order chi connectivity index (χ1) is 10.1. The van der Waals surface area contributed by atoms with Gasteiger partial charge in [-0.1, -0.05) is 0 Å². The van der Waals surface area contributed by atoms with Gasteiger partial charge in [-0.3, -0.25) is 4.79 Å². The molecule has 3 N–H and O–H groups in total. The van der Waals surface area contributed by atoms with Gasteiger partial charge < -0.3 is 20.2 Å². The molecule has 2 rings (SSSR count). The number of benzene rings is 1. The molecule has 0 saturated heterocycles. The average Bonchev–Trinajstić information content (AvgIpc) is 2.87. The number of amides is 1. The van der Waals surface area contributed by atoms with Crippen LogP contribution in [0, 0.1) is 6.92 Å². The molecule has 0 aliphatic heterocycles. The minimum atomic E-state index is -0.0690. The molecule has 1 heterocycles. The normalized spacial score (nSPS) is 10.4. The lowest BCUT2D eigenvalue weighted by atomic mass is 10.2. The number of anilines is 2. The van der Waals surface area contributed by atoms with Gasteiger partial charge >= 0.3 is 0 Å². The highest BCUT2D eigenvalue weighted by Crippen LogP contribution is 2.25. The van der Waals surface area contributed by atoms with Gasteiger partial charge in [0.05, 0.1) is 24.7 Å². The number of furan rings is 1. The standard InChI is InChI=1S/C15H18N2O3S/c1-10-14(5-7-20-10)21-8-6-15(18)17-13-4-3-11(19-2)9-12(13)16/h3-5,7,9H,6,8,16H2,1-2H3,(H,17,18). The summed E-state index contributed by atoms with van der Waals surface area (Å²) in [5.74, 6) is 2.15. The summed E-state index contributed by atoms with van der Waals surface area (Å²) in [5, 5.41) is 2.80. The van der Waals surface area contributed by atoms with E-state index in [2.05, 4.69) is 5.32 Å². The van der Waals surface area contributed by atoms with E-state index in [0.717, 1.165) is 10.7 Å². The van der Waals surface area contributed by atoms with E-state index in [1.165, 1.54) is 0 Å². The number of nitrogens with two attached hydrogens (primary N) is 1. The molecule has 0 spiro atoms. The van der Waals surface area contributed by atoms with Crippen LogP contribution in [0.25, 0.3) is 0 Å². The Kier molecular flexibility index (Phi) is 5.16. The van der Waals surface area contributed by atoms with Gasteiger partial charge in [0.2, 0.25) is 5.91 Å². The molecule has 5 nitrogen and oxygen atoms in total. The number of thioether (sulfide) groups is 1. The predicted molar refractivity (Wildman–Crippen MR) is 84.8 cm³/mol. The fourth-order valence-electron chi connectivity index (χ4n) is 1.77. The highest BCUT2D eigenvalue weighted by atomic mass is 32.2. The van der Waals surface area contributed by atoms with E-state index in [1.54, 1.807) is 43.3 Å². The van der Waals surface area contributed by atoms with Crippen molar-refractivity contribution < 1.29 is 13.9 Å². The first-order valence-electron chi connectivity index (χ1n) is 6.50. The van der Waals surface area contributed by atoms with Crippen LogP contribution in [-0.4, -0.2) is 18.8 Å². The Labute approximate surface area is 127 Å². The van der Waals surface area contributed by atoms with Crippen LogP contribution in [0.15, 0.2) is 39.8 Å². The lowest BCUT2D eigenvalue weighted by Crippen LogP contribution is -2.13. The molecule has 1 aromatic carbocycles. The topological polar surface area (TPSA) is 77.5 Å². The van der Waals surface area contributed by atoms with Crippen LogP contribution in [0.3, 0.4) is 0 Å². The summed E-state index contributed by atoms with van der Waals surface area (Å²) >= 11 is 1.60. The summed E-state index contributed by atoms with van der Waals surface area (Å²) < 4.78 is 10.3. The Morgan fingerprint density at radius 3 is 2.86 bits per heavy atom. The molecule has 21 heavy (non-hydrogen) atoms. The zero-order valence-electron chi connectivity index (χ0n) is 12.0. The van der Waals surface area contributed by atoms with Crippen LogP contribution in [0.2, 0.25) is 0 Å². The van der Waals surface area contributed by atoms with Crippen LogP contribution in [0.5, 0.6) is 5.75 Å². The van der Waals surface area contributed by atoms with E-state index in [1.807, 2.05) is 13.0 Å². The van der Waals surface area contributed by atoms with Crippen molar-refractivity contribution in [3.05, 3.63) is 36.3 Å². The monoisotopic (exact) mass is 306 g/mol. The van der Waals surface area contributed by atoms with Crippen LogP contribution < -0.4 is 15.8 Å². The summed E-state index contributed by atoms with van der Waals surface area (Å²) in [4.78, 5) is 13.0. The molecule has 0 aliphatic carbocycles. The predicted octanol–water partition coefficient (Wildman–Crippen LogP) is 3.30. The van der Waals surface area contributed by atoms with Crippen LogP contribution in [0.1, 0.15) is 12.2 Å². The zero-order valence-corrected chi connectivity index (χ0v) is 12.8. The van der Waals surface area contributed by atoms with Gasteiger partial charge in [0, 0.05) is 23.1 Å². The van der Waals surface area contributed by atoms with E-state index in [0.29, 0.717) is 29.3 Å². The minimum absolute atomic E-state index is 0.0690. The highest BCUT2D eigenvalue weighted by molar-refractivity contribution is 7.99. The second kappa shape index (κ2) is 7.08. The number of ether oxygens (including phenoxy) is 1. The van der Waals surface area contributed by atoms with Crippen molar-refractivity contribution in [2.24, 2.45) is 0 Å². The van der Waals surface area contributed by atoms with Crippen LogP contribution in [-0.2, 0) is 4.79 Å². The first kappa shape index (κ1) is 15.3. The first-order valence-corrected chi connectivity index (χ1v) is 7.49. The maximum absolute atomic E-state index is 11.9. The maximum Gasteiger partial charge on any atom is 0.225 e. The number of carbonyl (C=O) groups excluding carboxylic acids is 1. The molecule has 0 bridgehead atoms. The SMILES string of the molecule is COc1ccc(NC(=O)CCSc2ccoc2C)c(N)c1. The van der Waals surface area contributed by atoms with E-state index in [4.69, 9.17) is 14.9 Å². The van der Waals surface area contributed by atoms with Gasteiger partial charge in [0.1, 0.15) is 11.5 Å². The van der Waals surface area contributed by atoms with Crippen molar-refractivity contribution in [2.45, 2.75) is 18.2 Å². The summed E-state index contributed by atoms with van der Waals surface area (Å²) in [5.41, 5.74) is 6.95. The van der Waals surface area contributed by atoms with Crippen LogP contribution in [0.4, 0.5) is 11.4 Å². The van der Waals surface area contributed by atoms with Gasteiger partial charge in [-0.15, -0.1) is 11.8 Å². The molecule has 1 amide bonds. The van der Waals surface area contributed by atoms with Crippen molar-refractivity contribution in [3.8, 4) is 5.75 Å². The highest BCUT2D eigenvalue weighted by Gasteiger charge is 2.08. The molecule has 0 radical (unpaired) electrons. The molecular weight excluding hydrogens is 288 g/mol. The van der Waals surface area contributed by atoms with Gasteiger partial charge in [-0.2, -0.15) is 0 Å². The van der Waals surface area contributed by atoms with Gasteiger partial charge in [-0.25, -0.2) is 0 Å². The number of rotatable bonds is 6. The Morgan fingerprint density at radius 2 is 2.24 bits per heavy atom. The lowest BCUT2D eigenvalue weighted by Gasteiger charge is -2.09. The van der Waals surface area contributed by atoms with Crippen molar-refractivity contribution in [3.63, 3.8) is 0 Å². The molecule has 6 heteroatoms. The van der Waals surface area contributed by atoms with Gasteiger partial charge in [-0.05, 0) is 25.1 Å². The molecule has 2 aromatic rings. The summed E-state index contributed by atoms with van der Waals surface area (Å²) in [6, 6.07) is 7.08. The average molecular weight is 306 g/mol. The van der Waals surface area contributed by atoms with Gasteiger partial charge in [0.25, 0.3) is 0 Å². The third-order valence-electron chi connectivity index (χ3n) is 2.93. The van der Waals surface area contributed by atoms with E-state index < -0.39 is 0 Å². The summed E-state index contributed by atoms with van der Waals surface area (Å²) in [6.07, 6.45) is 2.05. The number of hydrogen-bond donors (Lipinski definition) is 2. The van der Waals surface area contributed by atoms with Crippen LogP contribution >= 0.6 is 11.8 Å². The third-order valence-corrected chi connectivity index (χ3v) is 4.07. The minimum Gasteiger partial charge on any atom is -0.497 e. The Balaban J connectivity index is 1.83. The largest absolute Gasteiger partial charge is 0.497 e. The molecule has 112 valence electrons. The second-order valence-electron chi connectivity index (χ2n) is 4.44. The number of nitrogens with one attached hydrogen (secondary N) is 1. The van der Waals surface area contributed by atoms with Crippen molar-refractivity contribution >= 4 is 29.0 Å². The number of carbonyl (C=O) groups is 1. The quantitative estimate of drug-likeness (QED) is 0.632. The third kappa shape index (κ3) is 4.19. The van der Waals surface area contributed by atoms with Crippen molar-refractivity contribution in [1.82, 2.24) is 0 Å². The fraction of sp³-hybridized carbons (Fsp3) is 0.267. The molecule has 0 unspecified atom stereocenters. The van der Waals surface area contributed by atoms with Crippen molar-refractivity contribution in [2.75, 3.05) is 23.9 Å². The van der Waals surface area contributed by atoms with Gasteiger partial charge in [0.15, 0.2) is 0 Å². The maximum atomic E-state index is 11.9. The van der Waals surface area contributed by atoms with E-state index in [9.17, 15) is 4.79 Å². The Bertz CT molecular complexity index is 625. The summed E-state index contributed by atoms with van der Waals surface area (Å²) in [6.45, 7) is 1.90. The second-order valence-corrected chi connectivity index (χ2v) is 5.58. The zero-order chi connectivity index (χ0) is 15.2. The number of hydrogen-bond acceptors (Lipinski definition) is 5. The molecule has 0 aliphatic rings. The Morgan fingerprint density at radius 1 is 1.43 bits per heavy atom. The summed E-state index contributed by atoms with van der Waals surface area (Å²) in [7, 11) is 1.57. The molecular formula is C15H18N2O3S. The van der Waals surface area contributed by atoms with Crippen molar-refractivity contribution in [1.29, 1.82) is 0 Å². The molecule has 1 aromatic heterocycles. The molecule has 0 atom stereocenters. The number of methoxy groups -OCH3 is 1. The fourth-order valence-corrected chi connectivity index (χ4v) is 2.68. The van der Waals surface area contributed by atoms with E-state index in [-0.39, 0.29) is 5.91 Å². The molecule has 0 fully saturated rings.